The van der Waals surface area contributed by atoms with E-state index in [0.717, 1.165) is 18.5 Å². The molecule has 2 aromatic rings. The largest absolute Gasteiger partial charge is 0.487 e. The topological polar surface area (TPSA) is 17.2 Å². The first kappa shape index (κ1) is 37.9. The van der Waals surface area contributed by atoms with Gasteiger partial charge in [0.05, 0.1) is 23.4 Å². The lowest BCUT2D eigenvalue weighted by Crippen LogP contribution is -2.25. The Labute approximate surface area is 307 Å². The van der Waals surface area contributed by atoms with Crippen LogP contribution in [-0.4, -0.2) is 34.4 Å². The van der Waals surface area contributed by atoms with Gasteiger partial charge in [0.2, 0.25) is 17.3 Å². The smallest absolute Gasteiger partial charge is 0.215 e. The number of benzene rings is 1. The Bertz CT molecular complexity index is 1650. The highest BCUT2D eigenvalue weighted by atomic mass is 35.5. The van der Waals surface area contributed by atoms with Gasteiger partial charge in [-0.1, -0.05) is 97.6 Å². The van der Waals surface area contributed by atoms with Crippen LogP contribution in [0.4, 0.5) is 17.6 Å². The molecule has 2 fully saturated rings. The molecule has 5 unspecified atom stereocenters. The summed E-state index contributed by atoms with van der Waals surface area (Å²) in [6.45, 7) is 11.6. The molecule has 3 nitrogen and oxygen atoms in total. The number of ether oxygens (including phenoxy) is 1. The van der Waals surface area contributed by atoms with Crippen molar-refractivity contribution in [2.75, 3.05) is 19.0 Å². The van der Waals surface area contributed by atoms with Gasteiger partial charge in [-0.15, -0.1) is 11.6 Å². The zero-order chi connectivity index (χ0) is 36.4. The lowest BCUT2D eigenvalue weighted by atomic mass is 9.85. The minimum Gasteiger partial charge on any atom is -0.487 e. The molecule has 0 amide bonds. The fraction of sp³-hybridized carbons (Fsp3) is 0.605. The first-order chi connectivity index (χ1) is 24.6. The van der Waals surface area contributed by atoms with E-state index in [1.165, 1.54) is 50.5 Å². The first-order valence-electron chi connectivity index (χ1n) is 19.6. The van der Waals surface area contributed by atoms with E-state index in [1.54, 1.807) is 6.08 Å². The molecule has 1 aromatic heterocycles. The SMILES string of the molecule is CCCCOc1c(F)c(F)c(C2=C3C=CC=[N+]3CC(/C=C(\CCl)C3CCCCCCCCC3)n3c2ccc3C2C(C)C(C)C(C)C2C)c(F)c1F. The van der Waals surface area contributed by atoms with Crippen molar-refractivity contribution in [3.63, 3.8) is 0 Å². The summed E-state index contributed by atoms with van der Waals surface area (Å²) in [5.41, 5.74) is 2.79. The maximum absolute atomic E-state index is 16.4. The van der Waals surface area contributed by atoms with E-state index >= 15 is 17.6 Å². The van der Waals surface area contributed by atoms with Crippen molar-refractivity contribution in [2.24, 2.45) is 29.6 Å². The van der Waals surface area contributed by atoms with Crippen molar-refractivity contribution in [3.05, 3.63) is 81.9 Å². The lowest BCUT2D eigenvalue weighted by molar-refractivity contribution is -0.466. The zero-order valence-corrected chi connectivity index (χ0v) is 31.9. The third kappa shape index (κ3) is 7.27. The van der Waals surface area contributed by atoms with E-state index < -0.39 is 34.6 Å². The number of unbranched alkanes of at least 4 members (excludes halogenated alkanes) is 1. The molecule has 4 aliphatic rings. The summed E-state index contributed by atoms with van der Waals surface area (Å²) in [5, 5.41) is 0. The van der Waals surface area contributed by atoms with Crippen LogP contribution < -0.4 is 4.74 Å². The summed E-state index contributed by atoms with van der Waals surface area (Å²) in [6, 6.07) is 3.76. The van der Waals surface area contributed by atoms with Gasteiger partial charge in [-0.25, -0.2) is 8.78 Å². The monoisotopic (exact) mass is 727 g/mol. The second kappa shape index (κ2) is 16.5. The minimum atomic E-state index is -1.51. The molecule has 8 heteroatoms. The number of fused-ring (bicyclic) bond motifs is 2. The predicted octanol–water partition coefficient (Wildman–Crippen LogP) is 12.1. The Balaban J connectivity index is 1.55. The minimum absolute atomic E-state index is 0.0410. The van der Waals surface area contributed by atoms with Crippen LogP contribution in [0.25, 0.3) is 5.57 Å². The van der Waals surface area contributed by atoms with Crippen molar-refractivity contribution >= 4 is 23.4 Å². The quantitative estimate of drug-likeness (QED) is 0.0628. The molecule has 2 aliphatic heterocycles. The number of rotatable bonds is 9. The van der Waals surface area contributed by atoms with E-state index in [2.05, 4.69) is 44.4 Å². The molecular formula is C43H56ClF4N2O+. The molecular weight excluding hydrogens is 672 g/mol. The van der Waals surface area contributed by atoms with Crippen LogP contribution in [0.5, 0.6) is 5.75 Å². The average molecular weight is 728 g/mol. The maximum Gasteiger partial charge on any atom is 0.215 e. The molecule has 0 spiro atoms. The number of hydrogen-bond donors (Lipinski definition) is 0. The van der Waals surface area contributed by atoms with Gasteiger partial charge in [0.25, 0.3) is 0 Å². The molecule has 0 saturated heterocycles. The van der Waals surface area contributed by atoms with Gasteiger partial charge < -0.3 is 9.30 Å². The van der Waals surface area contributed by atoms with Crippen molar-refractivity contribution < 1.29 is 26.9 Å². The summed E-state index contributed by atoms with van der Waals surface area (Å²) in [5.74, 6) is -4.28. The number of aromatic nitrogens is 1. The van der Waals surface area contributed by atoms with Crippen LogP contribution in [-0.2, 0) is 0 Å². The maximum atomic E-state index is 16.4. The van der Waals surface area contributed by atoms with Crippen LogP contribution in [0.3, 0.4) is 0 Å². The fourth-order valence-electron chi connectivity index (χ4n) is 9.53. The zero-order valence-electron chi connectivity index (χ0n) is 31.1. The van der Waals surface area contributed by atoms with Gasteiger partial charge >= 0.3 is 0 Å². The third-order valence-corrected chi connectivity index (χ3v) is 13.2. The summed E-state index contributed by atoms with van der Waals surface area (Å²) in [7, 11) is 0. The summed E-state index contributed by atoms with van der Waals surface area (Å²) >= 11 is 6.84. The second-order valence-electron chi connectivity index (χ2n) is 15.8. The fourth-order valence-corrected chi connectivity index (χ4v) is 9.84. The van der Waals surface area contributed by atoms with Gasteiger partial charge in [-0.2, -0.15) is 13.4 Å². The van der Waals surface area contributed by atoms with Crippen molar-refractivity contribution in [3.8, 4) is 5.75 Å². The lowest BCUT2D eigenvalue weighted by Gasteiger charge is -2.28. The molecule has 3 heterocycles. The third-order valence-electron chi connectivity index (χ3n) is 12.9. The van der Waals surface area contributed by atoms with Crippen LogP contribution >= 0.6 is 11.6 Å². The summed E-state index contributed by atoms with van der Waals surface area (Å²) in [6.07, 6.45) is 19.9. The van der Waals surface area contributed by atoms with Crippen LogP contribution in [0.2, 0.25) is 0 Å². The Morgan fingerprint density at radius 1 is 0.863 bits per heavy atom. The molecule has 5 atom stereocenters. The van der Waals surface area contributed by atoms with E-state index in [4.69, 9.17) is 16.3 Å². The Kier molecular flexibility index (Phi) is 12.3. The standard InChI is InChI=1S/C43H56ClF4N2O/c1-6-7-22-51-43-41(47)39(45)38(40(46)42(43)48)37-33-18-15-21-49(33)25-32(23-31(24-44)30-16-13-11-9-8-10-12-14-17-30)50-34(19-20-35(37)50)36-28(4)26(2)27(3)29(36)5/h15,18-21,23,26-30,32,36H,6-14,16-17,22,24-25H2,1-5H3/q+1/b31-23+. The van der Waals surface area contributed by atoms with E-state index in [9.17, 15) is 0 Å². The Morgan fingerprint density at radius 3 is 2.06 bits per heavy atom. The number of halogens is 5. The van der Waals surface area contributed by atoms with Gasteiger partial charge in [-0.05, 0) is 61.0 Å². The highest BCUT2D eigenvalue weighted by molar-refractivity contribution is 6.19. The molecule has 1 aromatic carbocycles. The normalized spacial score (nSPS) is 27.7. The van der Waals surface area contributed by atoms with Gasteiger partial charge in [0.1, 0.15) is 6.04 Å². The molecule has 0 bridgehead atoms. The molecule has 51 heavy (non-hydrogen) atoms. The Morgan fingerprint density at radius 2 is 1.47 bits per heavy atom. The molecule has 0 radical (unpaired) electrons. The highest BCUT2D eigenvalue weighted by Gasteiger charge is 2.46. The summed E-state index contributed by atoms with van der Waals surface area (Å²) < 4.78 is 73.7. The predicted molar refractivity (Wildman–Crippen MR) is 200 cm³/mol. The van der Waals surface area contributed by atoms with Crippen molar-refractivity contribution in [2.45, 2.75) is 117 Å². The van der Waals surface area contributed by atoms with Gasteiger partial charge in [0.15, 0.2) is 30.1 Å². The van der Waals surface area contributed by atoms with Gasteiger partial charge in [-0.3, -0.25) is 0 Å². The van der Waals surface area contributed by atoms with Crippen LogP contribution in [0.15, 0.2) is 41.6 Å². The molecule has 278 valence electrons. The average Bonchev–Trinajstić information content (AvgIpc) is 3.80. The van der Waals surface area contributed by atoms with Crippen LogP contribution in [0.1, 0.15) is 134 Å². The van der Waals surface area contributed by atoms with E-state index in [-0.39, 0.29) is 24.1 Å². The number of nitrogens with zero attached hydrogens (tertiary/aromatic N) is 2. The Hall–Kier alpha value is -2.80. The first-order valence-corrected chi connectivity index (χ1v) is 20.1. The molecule has 2 aliphatic carbocycles. The van der Waals surface area contributed by atoms with Crippen LogP contribution in [0, 0.1) is 52.9 Å². The van der Waals surface area contributed by atoms with Gasteiger partial charge in [0, 0.05) is 29.6 Å². The number of allylic oxidation sites excluding steroid dienone is 3. The number of hydrogen-bond acceptors (Lipinski definition) is 1. The van der Waals surface area contributed by atoms with Crippen molar-refractivity contribution in [1.82, 2.24) is 4.57 Å². The number of alkyl halides is 1. The summed E-state index contributed by atoms with van der Waals surface area (Å²) in [4.78, 5) is 0. The molecule has 6 rings (SSSR count). The van der Waals surface area contributed by atoms with Crippen molar-refractivity contribution in [1.29, 1.82) is 0 Å². The molecule has 0 N–H and O–H groups in total. The van der Waals surface area contributed by atoms with E-state index in [1.807, 2.05) is 29.9 Å². The molecule has 2 saturated carbocycles. The second-order valence-corrected chi connectivity index (χ2v) is 16.0. The highest BCUT2D eigenvalue weighted by Crippen LogP contribution is 2.53. The van der Waals surface area contributed by atoms with E-state index in [0.29, 0.717) is 66.2 Å².